The molecule has 0 amide bonds. The molecule has 156 valence electrons. The molecule has 30 heavy (non-hydrogen) atoms. The molecule has 0 radical (unpaired) electrons. The van der Waals surface area contributed by atoms with E-state index in [1.807, 2.05) is 29.3 Å². The van der Waals surface area contributed by atoms with Crippen LogP contribution in [0.1, 0.15) is 32.1 Å². The van der Waals surface area contributed by atoms with Gasteiger partial charge < -0.3 is 20.4 Å². The Morgan fingerprint density at radius 3 is 2.90 bits per heavy atom. The van der Waals surface area contributed by atoms with E-state index in [1.54, 1.807) is 6.33 Å². The zero-order chi connectivity index (χ0) is 20.6. The Hall–Kier alpha value is -2.80. The van der Waals surface area contributed by atoms with Gasteiger partial charge in [0.1, 0.15) is 12.0 Å². The highest BCUT2D eigenvalue weighted by atomic mass is 16.5. The monoisotopic (exact) mass is 406 g/mol. The Morgan fingerprint density at radius 2 is 2.13 bits per heavy atom. The molecular formula is C21H26N8O. The second kappa shape index (κ2) is 7.80. The van der Waals surface area contributed by atoms with Crippen molar-refractivity contribution in [3.63, 3.8) is 0 Å². The number of nitriles is 1. The minimum atomic E-state index is -0.243. The molecule has 0 spiro atoms. The topological polar surface area (TPSA) is 122 Å². The first-order valence-electron chi connectivity index (χ1n) is 10.5. The fourth-order valence-electron chi connectivity index (χ4n) is 4.99. The fourth-order valence-corrected chi connectivity index (χ4v) is 4.99. The summed E-state index contributed by atoms with van der Waals surface area (Å²) in [5.41, 5.74) is 7.88. The Bertz CT molecular complexity index is 1050. The summed E-state index contributed by atoms with van der Waals surface area (Å²) in [6.07, 6.45) is 12.0. The number of likely N-dealkylation sites (tertiary alicyclic amines) is 1. The lowest BCUT2D eigenvalue weighted by atomic mass is 9.69. The van der Waals surface area contributed by atoms with Crippen LogP contribution in [0, 0.1) is 11.3 Å². The number of H-pyrrole nitrogens is 1. The molecule has 1 aliphatic carbocycles. The van der Waals surface area contributed by atoms with Gasteiger partial charge in [0.25, 0.3) is 0 Å². The van der Waals surface area contributed by atoms with Gasteiger partial charge in [0.05, 0.1) is 42.8 Å². The normalized spacial score (nSPS) is 25.3. The largest absolute Gasteiger partial charge is 0.363 e. The maximum Gasteiger partial charge on any atom is 0.141 e. The summed E-state index contributed by atoms with van der Waals surface area (Å²) in [5.74, 6) is 0. The van der Waals surface area contributed by atoms with E-state index >= 15 is 0 Å². The molecule has 0 aromatic carbocycles. The Kier molecular flexibility index (Phi) is 4.98. The van der Waals surface area contributed by atoms with Crippen molar-refractivity contribution < 1.29 is 4.74 Å². The number of nitrogens with two attached hydrogens (primary N) is 1. The van der Waals surface area contributed by atoms with E-state index < -0.39 is 0 Å². The summed E-state index contributed by atoms with van der Waals surface area (Å²) >= 11 is 0. The van der Waals surface area contributed by atoms with Crippen LogP contribution in [0.15, 0.2) is 31.0 Å². The number of fused-ring (bicyclic) bond motifs is 1. The van der Waals surface area contributed by atoms with Crippen molar-refractivity contribution >= 4 is 11.0 Å². The molecule has 2 aliphatic rings. The number of piperidine rings is 1. The smallest absolute Gasteiger partial charge is 0.141 e. The summed E-state index contributed by atoms with van der Waals surface area (Å²) in [7, 11) is 0. The number of aromatic amines is 1. The van der Waals surface area contributed by atoms with Gasteiger partial charge >= 0.3 is 0 Å². The predicted octanol–water partition coefficient (Wildman–Crippen LogP) is 1.99. The number of hydrogen-bond donors (Lipinski definition) is 2. The highest BCUT2D eigenvalue weighted by Gasteiger charge is 2.49. The zero-order valence-electron chi connectivity index (χ0n) is 16.9. The summed E-state index contributed by atoms with van der Waals surface area (Å²) < 4.78 is 7.56. The molecule has 2 fully saturated rings. The van der Waals surface area contributed by atoms with Crippen LogP contribution in [0.5, 0.6) is 0 Å². The van der Waals surface area contributed by atoms with Crippen molar-refractivity contribution in [3.05, 3.63) is 31.0 Å². The van der Waals surface area contributed by atoms with Crippen molar-refractivity contribution in [3.8, 4) is 17.3 Å². The van der Waals surface area contributed by atoms with Crippen LogP contribution in [0.25, 0.3) is 22.3 Å². The van der Waals surface area contributed by atoms with Crippen molar-refractivity contribution in [1.29, 1.82) is 5.26 Å². The molecule has 1 aliphatic heterocycles. The summed E-state index contributed by atoms with van der Waals surface area (Å²) in [6, 6.07) is 4.85. The molecule has 0 bridgehead atoms. The molecule has 4 heterocycles. The molecule has 1 saturated heterocycles. The zero-order valence-corrected chi connectivity index (χ0v) is 16.9. The summed E-state index contributed by atoms with van der Waals surface area (Å²) in [6.45, 7) is 2.34. The van der Waals surface area contributed by atoms with Crippen LogP contribution in [0.3, 0.4) is 0 Å². The van der Waals surface area contributed by atoms with Gasteiger partial charge in [0.15, 0.2) is 0 Å². The van der Waals surface area contributed by atoms with Crippen LogP contribution < -0.4 is 5.73 Å². The molecule has 0 atom stereocenters. The van der Waals surface area contributed by atoms with E-state index in [0.717, 1.165) is 61.1 Å². The standard InChI is InChI=1S/C21H26N8O/c22-5-4-21(9-16(10-21)28-7-2-17(3-8-28)30-13-23)29-12-15(11-27-29)19-18-1-6-24-20(18)26-14-25-19/h1,6,11-12,14,16-17H,2-4,7-10,13,23H2,(H,24,25,26). The van der Waals surface area contributed by atoms with E-state index in [9.17, 15) is 5.26 Å². The van der Waals surface area contributed by atoms with Gasteiger partial charge in [-0.3, -0.25) is 4.68 Å². The highest BCUT2D eigenvalue weighted by molar-refractivity contribution is 5.89. The number of ether oxygens (including phenoxy) is 1. The molecule has 3 aromatic rings. The van der Waals surface area contributed by atoms with Crippen molar-refractivity contribution in [1.82, 2.24) is 29.6 Å². The second-order valence-electron chi connectivity index (χ2n) is 8.33. The minimum absolute atomic E-state index is 0.243. The molecular weight excluding hydrogens is 380 g/mol. The van der Waals surface area contributed by atoms with Gasteiger partial charge in [0.2, 0.25) is 0 Å². The fraction of sp³-hybridized carbons (Fsp3) is 0.524. The van der Waals surface area contributed by atoms with Gasteiger partial charge in [-0.15, -0.1) is 0 Å². The SMILES string of the molecule is N#CCC1(n2cc(-c3ncnc4[nH]ccc34)cn2)CC(N2CCC(OCN)CC2)C1. The Labute approximate surface area is 174 Å². The van der Waals surface area contributed by atoms with Crippen molar-refractivity contribution in [2.75, 3.05) is 19.8 Å². The van der Waals surface area contributed by atoms with E-state index in [4.69, 9.17) is 10.5 Å². The third-order valence-electron chi connectivity index (χ3n) is 6.66. The van der Waals surface area contributed by atoms with Gasteiger partial charge in [-0.2, -0.15) is 10.4 Å². The van der Waals surface area contributed by atoms with Gasteiger partial charge in [-0.25, -0.2) is 9.97 Å². The molecule has 5 rings (SSSR count). The van der Waals surface area contributed by atoms with Crippen LogP contribution in [0.2, 0.25) is 0 Å². The molecule has 1 saturated carbocycles. The third kappa shape index (κ3) is 3.27. The van der Waals surface area contributed by atoms with E-state index in [2.05, 4.69) is 31.0 Å². The lowest BCUT2D eigenvalue weighted by Crippen LogP contribution is -2.58. The van der Waals surface area contributed by atoms with Gasteiger partial charge in [-0.05, 0) is 31.7 Å². The molecule has 0 unspecified atom stereocenters. The lowest BCUT2D eigenvalue weighted by Gasteiger charge is -2.52. The predicted molar refractivity (Wildman–Crippen MR) is 111 cm³/mol. The first-order valence-corrected chi connectivity index (χ1v) is 10.5. The van der Waals surface area contributed by atoms with Crippen LogP contribution in [-0.4, -0.2) is 61.6 Å². The first kappa shape index (κ1) is 19.2. The third-order valence-corrected chi connectivity index (χ3v) is 6.66. The van der Waals surface area contributed by atoms with Crippen molar-refractivity contribution in [2.24, 2.45) is 5.73 Å². The van der Waals surface area contributed by atoms with E-state index in [0.29, 0.717) is 19.2 Å². The quantitative estimate of drug-likeness (QED) is 0.600. The van der Waals surface area contributed by atoms with Crippen LogP contribution in [0.4, 0.5) is 0 Å². The maximum absolute atomic E-state index is 9.50. The second-order valence-corrected chi connectivity index (χ2v) is 8.33. The van der Waals surface area contributed by atoms with Crippen LogP contribution >= 0.6 is 0 Å². The molecule has 3 aromatic heterocycles. The highest BCUT2D eigenvalue weighted by Crippen LogP contribution is 2.45. The number of hydrogen-bond acceptors (Lipinski definition) is 7. The molecule has 3 N–H and O–H groups in total. The van der Waals surface area contributed by atoms with E-state index in [-0.39, 0.29) is 11.6 Å². The Balaban J connectivity index is 1.32. The average molecular weight is 406 g/mol. The average Bonchev–Trinajstić information content (AvgIpc) is 3.41. The van der Waals surface area contributed by atoms with Crippen LogP contribution in [-0.2, 0) is 10.3 Å². The Morgan fingerprint density at radius 1 is 1.30 bits per heavy atom. The van der Waals surface area contributed by atoms with Gasteiger partial charge in [-0.1, -0.05) is 0 Å². The minimum Gasteiger partial charge on any atom is -0.363 e. The number of nitrogens with zero attached hydrogens (tertiary/aromatic N) is 6. The summed E-state index contributed by atoms with van der Waals surface area (Å²) in [4.78, 5) is 14.4. The van der Waals surface area contributed by atoms with E-state index in [1.165, 1.54) is 0 Å². The number of nitrogens with one attached hydrogen (secondary N) is 1. The first-order chi connectivity index (χ1) is 14.7. The number of aromatic nitrogens is 5. The molecule has 9 nitrogen and oxygen atoms in total. The molecule has 9 heteroatoms. The lowest BCUT2D eigenvalue weighted by molar-refractivity contribution is -0.0425. The maximum atomic E-state index is 9.50. The van der Waals surface area contributed by atoms with Gasteiger partial charge in [0, 0.05) is 42.5 Å². The van der Waals surface area contributed by atoms with Crippen molar-refractivity contribution in [2.45, 2.75) is 49.8 Å². The number of rotatable bonds is 6. The summed E-state index contributed by atoms with van der Waals surface area (Å²) in [5, 5.41) is 15.1.